The summed E-state index contributed by atoms with van der Waals surface area (Å²) in [5.74, 6) is -0.941. The Balaban J connectivity index is 1.25. The number of fused-ring (bicyclic) bond motifs is 2. The molecule has 2 aromatic rings. The van der Waals surface area contributed by atoms with Crippen molar-refractivity contribution in [3.8, 4) is 0 Å². The van der Waals surface area contributed by atoms with Crippen molar-refractivity contribution in [2.75, 3.05) is 25.0 Å². The molecular formula is C23H26N4O5S2. The molecule has 1 aromatic carbocycles. The number of carbonyl (C=O) groups excluding carboxylic acids is 3. The number of aryl methyl sites for hydroxylation is 1. The zero-order valence-electron chi connectivity index (χ0n) is 18.6. The second-order valence-electron chi connectivity index (χ2n) is 8.88. The number of rotatable bonds is 5. The van der Waals surface area contributed by atoms with Crippen LogP contribution in [0.15, 0.2) is 40.6 Å². The Kier molecular flexibility index (Phi) is 5.95. The predicted molar refractivity (Wildman–Crippen MR) is 127 cm³/mol. The van der Waals surface area contributed by atoms with Crippen LogP contribution in [0.4, 0.5) is 10.5 Å². The summed E-state index contributed by atoms with van der Waals surface area (Å²) in [7, 11) is -3.56. The van der Waals surface area contributed by atoms with Gasteiger partial charge in [0.1, 0.15) is 12.1 Å². The van der Waals surface area contributed by atoms with Crippen molar-refractivity contribution < 1.29 is 22.8 Å². The Labute approximate surface area is 202 Å². The summed E-state index contributed by atoms with van der Waals surface area (Å²) in [5, 5.41) is 7.40. The van der Waals surface area contributed by atoms with Gasteiger partial charge < -0.3 is 10.6 Å². The van der Waals surface area contributed by atoms with Gasteiger partial charge >= 0.3 is 6.03 Å². The van der Waals surface area contributed by atoms with E-state index in [1.807, 2.05) is 11.4 Å². The number of hydrogen-bond donors (Lipinski definition) is 2. The lowest BCUT2D eigenvalue weighted by Gasteiger charge is -2.31. The van der Waals surface area contributed by atoms with Crippen molar-refractivity contribution in [3.63, 3.8) is 0 Å². The number of thiophene rings is 1. The fourth-order valence-electron chi connectivity index (χ4n) is 4.99. The Hall–Kier alpha value is -2.76. The average molecular weight is 503 g/mol. The molecule has 1 aromatic heterocycles. The Morgan fingerprint density at radius 1 is 1.06 bits per heavy atom. The summed E-state index contributed by atoms with van der Waals surface area (Å²) < 4.78 is 27.1. The van der Waals surface area contributed by atoms with Gasteiger partial charge in [0.05, 0.1) is 4.90 Å². The highest BCUT2D eigenvalue weighted by atomic mass is 32.2. The summed E-state index contributed by atoms with van der Waals surface area (Å²) in [6.07, 6.45) is 4.90. The molecule has 180 valence electrons. The van der Waals surface area contributed by atoms with Crippen molar-refractivity contribution in [1.29, 1.82) is 0 Å². The highest BCUT2D eigenvalue weighted by molar-refractivity contribution is 7.89. The zero-order chi connectivity index (χ0) is 23.9. The molecule has 9 nitrogen and oxygen atoms in total. The molecule has 3 heterocycles. The number of nitrogens with zero attached hydrogens (tertiary/aromatic N) is 2. The molecule has 1 aliphatic carbocycles. The highest BCUT2D eigenvalue weighted by Gasteiger charge is 2.54. The maximum atomic E-state index is 13.2. The number of urea groups is 1. The van der Waals surface area contributed by atoms with Gasteiger partial charge in [0.2, 0.25) is 15.9 Å². The van der Waals surface area contributed by atoms with Crippen LogP contribution in [0, 0.1) is 0 Å². The smallest absolute Gasteiger partial charge is 0.325 e. The van der Waals surface area contributed by atoms with Gasteiger partial charge in [0.25, 0.3) is 5.91 Å². The first-order valence-electron chi connectivity index (χ1n) is 11.4. The van der Waals surface area contributed by atoms with Crippen molar-refractivity contribution in [2.24, 2.45) is 0 Å². The van der Waals surface area contributed by atoms with Crippen molar-refractivity contribution in [3.05, 3.63) is 46.2 Å². The topological polar surface area (TPSA) is 116 Å². The molecule has 0 unspecified atom stereocenters. The van der Waals surface area contributed by atoms with E-state index in [1.54, 1.807) is 11.3 Å². The quantitative estimate of drug-likeness (QED) is 0.610. The minimum atomic E-state index is -3.56. The average Bonchev–Trinajstić information content (AvgIpc) is 3.41. The minimum Gasteiger partial charge on any atom is -0.325 e. The van der Waals surface area contributed by atoms with Crippen molar-refractivity contribution in [2.45, 2.75) is 49.0 Å². The lowest BCUT2D eigenvalue weighted by Crippen LogP contribution is -2.46. The van der Waals surface area contributed by atoms with Gasteiger partial charge in [-0.05, 0) is 67.8 Å². The zero-order valence-corrected chi connectivity index (χ0v) is 20.2. The normalized spacial score (nSPS) is 23.1. The molecule has 0 saturated carbocycles. The highest BCUT2D eigenvalue weighted by Crippen LogP contribution is 2.42. The number of carbonyl (C=O) groups is 3. The largest absolute Gasteiger partial charge is 0.325 e. The van der Waals surface area contributed by atoms with Crippen LogP contribution in [0.25, 0.3) is 0 Å². The van der Waals surface area contributed by atoms with Gasteiger partial charge in [-0.1, -0.05) is 6.42 Å². The van der Waals surface area contributed by atoms with Crippen LogP contribution in [0.5, 0.6) is 0 Å². The number of nitrogens with one attached hydrogen (secondary N) is 2. The summed E-state index contributed by atoms with van der Waals surface area (Å²) >= 11 is 1.57. The summed E-state index contributed by atoms with van der Waals surface area (Å²) in [4.78, 5) is 40.7. The first-order chi connectivity index (χ1) is 16.3. The third-order valence-electron chi connectivity index (χ3n) is 6.73. The van der Waals surface area contributed by atoms with E-state index >= 15 is 0 Å². The van der Waals surface area contributed by atoms with Crippen LogP contribution >= 0.6 is 11.3 Å². The molecule has 3 aliphatic rings. The van der Waals surface area contributed by atoms with Crippen LogP contribution in [0.3, 0.4) is 0 Å². The number of anilines is 1. The fourth-order valence-corrected chi connectivity index (χ4v) is 7.51. The van der Waals surface area contributed by atoms with Crippen LogP contribution < -0.4 is 10.6 Å². The maximum absolute atomic E-state index is 13.2. The molecule has 2 aliphatic heterocycles. The molecule has 2 saturated heterocycles. The first kappa shape index (κ1) is 23.0. The molecule has 2 N–H and O–H groups in total. The lowest BCUT2D eigenvalue weighted by molar-refractivity contribution is -0.134. The van der Waals surface area contributed by atoms with E-state index in [4.69, 9.17) is 0 Å². The van der Waals surface area contributed by atoms with Gasteiger partial charge in [-0.2, -0.15) is 4.31 Å². The maximum Gasteiger partial charge on any atom is 0.325 e. The second-order valence-corrected chi connectivity index (χ2v) is 11.8. The van der Waals surface area contributed by atoms with E-state index in [0.29, 0.717) is 25.2 Å². The second kappa shape index (κ2) is 8.79. The van der Waals surface area contributed by atoms with E-state index in [0.717, 1.165) is 47.4 Å². The predicted octanol–water partition coefficient (Wildman–Crippen LogP) is 2.64. The van der Waals surface area contributed by atoms with Gasteiger partial charge in [0.15, 0.2) is 0 Å². The molecule has 4 amide bonds. The van der Waals surface area contributed by atoms with Crippen LogP contribution in [-0.4, -0.2) is 55.1 Å². The molecule has 0 radical (unpaired) electrons. The lowest BCUT2D eigenvalue weighted by atomic mass is 9.80. The number of piperidine rings is 1. The monoisotopic (exact) mass is 502 g/mol. The molecular weight excluding hydrogens is 476 g/mol. The summed E-state index contributed by atoms with van der Waals surface area (Å²) in [6.45, 7) is 0.613. The Morgan fingerprint density at radius 3 is 2.53 bits per heavy atom. The molecule has 1 spiro atoms. The SMILES string of the molecule is O=C(CN1C(=O)N[C@@]2(CCCc3sccc32)C1=O)Nc1ccc(S(=O)(=O)N2CCCCC2)cc1. The van der Waals surface area contributed by atoms with Crippen LogP contribution in [-0.2, 0) is 31.6 Å². The van der Waals surface area contributed by atoms with E-state index in [9.17, 15) is 22.8 Å². The standard InChI is InChI=1S/C23H26N4O5S2/c28-20(24-16-6-8-17(9-7-16)34(31,32)26-12-2-1-3-13-26)15-27-21(29)23(25-22(27)30)11-4-5-19-18(23)10-14-33-19/h6-10,14H,1-5,11-13,15H2,(H,24,28)(H,25,30)/t23-/m1/s1. The van der Waals surface area contributed by atoms with Crippen LogP contribution in [0.1, 0.15) is 42.5 Å². The molecule has 11 heteroatoms. The van der Waals surface area contributed by atoms with Crippen LogP contribution in [0.2, 0.25) is 0 Å². The Bertz CT molecular complexity index is 1230. The molecule has 0 bridgehead atoms. The number of sulfonamides is 1. The van der Waals surface area contributed by atoms with E-state index in [1.165, 1.54) is 28.6 Å². The Morgan fingerprint density at radius 2 is 1.79 bits per heavy atom. The van der Waals surface area contributed by atoms with E-state index in [-0.39, 0.29) is 4.90 Å². The number of benzene rings is 1. The van der Waals surface area contributed by atoms with Crippen molar-refractivity contribution in [1.82, 2.24) is 14.5 Å². The number of amides is 4. The molecule has 2 fully saturated rings. The number of imide groups is 1. The van der Waals surface area contributed by atoms with Gasteiger partial charge in [0, 0.05) is 29.2 Å². The third kappa shape index (κ3) is 3.91. The van der Waals surface area contributed by atoms with Crippen molar-refractivity contribution >= 4 is 44.9 Å². The summed E-state index contributed by atoms with van der Waals surface area (Å²) in [6, 6.07) is 7.24. The number of hydrogen-bond acceptors (Lipinski definition) is 6. The molecule has 1 atom stereocenters. The summed E-state index contributed by atoms with van der Waals surface area (Å²) in [5.41, 5.74) is 0.132. The molecule has 34 heavy (non-hydrogen) atoms. The van der Waals surface area contributed by atoms with Gasteiger partial charge in [-0.3, -0.25) is 14.5 Å². The molecule has 5 rings (SSSR count). The van der Waals surface area contributed by atoms with E-state index in [2.05, 4.69) is 10.6 Å². The minimum absolute atomic E-state index is 0.173. The van der Waals surface area contributed by atoms with Gasteiger partial charge in [-0.25, -0.2) is 13.2 Å². The third-order valence-corrected chi connectivity index (χ3v) is 9.62. The van der Waals surface area contributed by atoms with Gasteiger partial charge in [-0.15, -0.1) is 11.3 Å². The van der Waals surface area contributed by atoms with E-state index < -0.39 is 40.0 Å². The fraction of sp³-hybridized carbons (Fsp3) is 0.435. The first-order valence-corrected chi connectivity index (χ1v) is 13.7.